The number of nitrogens with one attached hydrogen (secondary N) is 2. The van der Waals surface area contributed by atoms with E-state index in [4.69, 9.17) is 4.74 Å². The number of morpholine rings is 1. The Bertz CT molecular complexity index is 465. The highest BCUT2D eigenvalue weighted by Gasteiger charge is 2.20. The van der Waals surface area contributed by atoms with Gasteiger partial charge in [-0.2, -0.15) is 0 Å². The maximum atomic E-state index is 11.8. The number of benzene rings is 1. The van der Waals surface area contributed by atoms with Crippen molar-refractivity contribution >= 4 is 17.3 Å². The van der Waals surface area contributed by atoms with E-state index in [1.807, 2.05) is 12.1 Å². The standard InChI is InChI=1S/C16H23N3O2/c20-16(7-8-17-13-1-2-13)18-14-3-5-15(6-4-14)19-9-11-21-12-10-19/h3-6,13,17H,1-2,7-12H2,(H,18,20). The van der Waals surface area contributed by atoms with E-state index in [1.165, 1.54) is 18.5 Å². The third-order valence-electron chi connectivity index (χ3n) is 3.89. The number of ether oxygens (including phenoxy) is 1. The third kappa shape index (κ3) is 4.44. The molecule has 2 aliphatic rings. The number of amides is 1. The molecule has 1 aliphatic carbocycles. The summed E-state index contributed by atoms with van der Waals surface area (Å²) in [6.07, 6.45) is 3.04. The van der Waals surface area contributed by atoms with Crippen molar-refractivity contribution in [1.29, 1.82) is 0 Å². The van der Waals surface area contributed by atoms with Crippen LogP contribution in [-0.4, -0.2) is 44.8 Å². The van der Waals surface area contributed by atoms with Crippen LogP contribution < -0.4 is 15.5 Å². The molecule has 1 aromatic carbocycles. The number of rotatable bonds is 6. The zero-order chi connectivity index (χ0) is 14.5. The van der Waals surface area contributed by atoms with Gasteiger partial charge in [0.25, 0.3) is 0 Å². The number of nitrogens with zero attached hydrogens (tertiary/aromatic N) is 1. The Morgan fingerprint density at radius 1 is 1.19 bits per heavy atom. The molecule has 5 heteroatoms. The molecule has 0 bridgehead atoms. The van der Waals surface area contributed by atoms with E-state index in [-0.39, 0.29) is 5.91 Å². The minimum absolute atomic E-state index is 0.0715. The van der Waals surface area contributed by atoms with Gasteiger partial charge < -0.3 is 20.3 Å². The van der Waals surface area contributed by atoms with Gasteiger partial charge in [-0.3, -0.25) is 4.79 Å². The lowest BCUT2D eigenvalue weighted by Crippen LogP contribution is -2.36. The van der Waals surface area contributed by atoms with Crippen LogP contribution in [0.1, 0.15) is 19.3 Å². The van der Waals surface area contributed by atoms with Crippen LogP contribution in [0.25, 0.3) is 0 Å². The lowest BCUT2D eigenvalue weighted by atomic mass is 10.2. The minimum atomic E-state index is 0.0715. The Labute approximate surface area is 125 Å². The van der Waals surface area contributed by atoms with Crippen LogP contribution >= 0.6 is 0 Å². The Hall–Kier alpha value is -1.59. The van der Waals surface area contributed by atoms with Gasteiger partial charge in [0.1, 0.15) is 0 Å². The summed E-state index contributed by atoms with van der Waals surface area (Å²) in [5.74, 6) is 0.0715. The van der Waals surface area contributed by atoms with E-state index in [0.717, 1.165) is 38.5 Å². The molecule has 114 valence electrons. The van der Waals surface area contributed by atoms with Crippen molar-refractivity contribution in [2.75, 3.05) is 43.1 Å². The molecule has 1 saturated heterocycles. The predicted octanol–water partition coefficient (Wildman–Crippen LogP) is 1.60. The average molecular weight is 289 g/mol. The normalized spacial score (nSPS) is 18.6. The summed E-state index contributed by atoms with van der Waals surface area (Å²) in [7, 11) is 0. The molecule has 1 aliphatic heterocycles. The molecule has 1 aromatic rings. The van der Waals surface area contributed by atoms with E-state index < -0.39 is 0 Å². The van der Waals surface area contributed by atoms with Crippen molar-refractivity contribution in [1.82, 2.24) is 5.32 Å². The van der Waals surface area contributed by atoms with Crippen LogP contribution in [0.2, 0.25) is 0 Å². The number of hydrogen-bond donors (Lipinski definition) is 2. The van der Waals surface area contributed by atoms with Crippen LogP contribution in [0.15, 0.2) is 24.3 Å². The first-order valence-electron chi connectivity index (χ1n) is 7.77. The molecule has 3 rings (SSSR count). The SMILES string of the molecule is O=C(CCNC1CC1)Nc1ccc(N2CCOCC2)cc1. The van der Waals surface area contributed by atoms with Crippen molar-refractivity contribution in [2.24, 2.45) is 0 Å². The van der Waals surface area contributed by atoms with Crippen LogP contribution in [0.5, 0.6) is 0 Å². The second-order valence-electron chi connectivity index (χ2n) is 5.67. The van der Waals surface area contributed by atoms with Gasteiger partial charge in [0.15, 0.2) is 0 Å². The van der Waals surface area contributed by atoms with Crippen molar-refractivity contribution < 1.29 is 9.53 Å². The fraction of sp³-hybridized carbons (Fsp3) is 0.562. The van der Waals surface area contributed by atoms with Gasteiger partial charge in [0.2, 0.25) is 5.91 Å². The Balaban J connectivity index is 1.45. The van der Waals surface area contributed by atoms with Gasteiger partial charge in [-0.15, -0.1) is 0 Å². The minimum Gasteiger partial charge on any atom is -0.378 e. The van der Waals surface area contributed by atoms with E-state index in [9.17, 15) is 4.79 Å². The van der Waals surface area contributed by atoms with Crippen molar-refractivity contribution in [2.45, 2.75) is 25.3 Å². The number of carbonyl (C=O) groups excluding carboxylic acids is 1. The fourth-order valence-corrected chi connectivity index (χ4v) is 2.48. The van der Waals surface area contributed by atoms with Gasteiger partial charge in [-0.05, 0) is 37.1 Å². The third-order valence-corrected chi connectivity index (χ3v) is 3.89. The van der Waals surface area contributed by atoms with Gasteiger partial charge in [-0.1, -0.05) is 0 Å². The maximum Gasteiger partial charge on any atom is 0.225 e. The number of hydrogen-bond acceptors (Lipinski definition) is 4. The molecule has 0 unspecified atom stereocenters. The monoisotopic (exact) mass is 289 g/mol. The summed E-state index contributed by atoms with van der Waals surface area (Å²) in [6.45, 7) is 4.19. The maximum absolute atomic E-state index is 11.8. The summed E-state index contributed by atoms with van der Waals surface area (Å²) in [4.78, 5) is 14.1. The Kier molecular flexibility index (Phi) is 4.72. The summed E-state index contributed by atoms with van der Waals surface area (Å²) < 4.78 is 5.35. The second kappa shape index (κ2) is 6.91. The number of anilines is 2. The molecule has 21 heavy (non-hydrogen) atoms. The summed E-state index contributed by atoms with van der Waals surface area (Å²) in [5.41, 5.74) is 2.05. The first-order chi connectivity index (χ1) is 10.3. The zero-order valence-electron chi connectivity index (χ0n) is 12.3. The summed E-state index contributed by atoms with van der Waals surface area (Å²) >= 11 is 0. The highest BCUT2D eigenvalue weighted by atomic mass is 16.5. The molecule has 2 fully saturated rings. The quantitative estimate of drug-likeness (QED) is 0.835. The first kappa shape index (κ1) is 14.4. The second-order valence-corrected chi connectivity index (χ2v) is 5.67. The van der Waals surface area contributed by atoms with Crippen LogP contribution in [0.4, 0.5) is 11.4 Å². The highest BCUT2D eigenvalue weighted by molar-refractivity contribution is 5.91. The van der Waals surface area contributed by atoms with Crippen LogP contribution in [0.3, 0.4) is 0 Å². The molecule has 1 heterocycles. The summed E-state index contributed by atoms with van der Waals surface area (Å²) in [5, 5.41) is 6.29. The molecule has 0 aromatic heterocycles. The molecule has 1 amide bonds. The van der Waals surface area contributed by atoms with Crippen LogP contribution in [-0.2, 0) is 9.53 Å². The van der Waals surface area contributed by atoms with Gasteiger partial charge in [-0.25, -0.2) is 0 Å². The smallest absolute Gasteiger partial charge is 0.225 e. The lowest BCUT2D eigenvalue weighted by molar-refractivity contribution is -0.116. The van der Waals surface area contributed by atoms with Crippen molar-refractivity contribution in [3.05, 3.63) is 24.3 Å². The predicted molar refractivity (Wildman–Crippen MR) is 83.7 cm³/mol. The van der Waals surface area contributed by atoms with E-state index in [0.29, 0.717) is 12.5 Å². The molecule has 0 radical (unpaired) electrons. The van der Waals surface area contributed by atoms with Crippen molar-refractivity contribution in [3.8, 4) is 0 Å². The summed E-state index contributed by atoms with van der Waals surface area (Å²) in [6, 6.07) is 8.71. The molecular weight excluding hydrogens is 266 g/mol. The van der Waals surface area contributed by atoms with E-state index in [2.05, 4.69) is 27.7 Å². The molecule has 2 N–H and O–H groups in total. The molecule has 0 spiro atoms. The molecule has 1 saturated carbocycles. The van der Waals surface area contributed by atoms with E-state index in [1.54, 1.807) is 0 Å². The largest absolute Gasteiger partial charge is 0.378 e. The Morgan fingerprint density at radius 2 is 1.90 bits per heavy atom. The van der Waals surface area contributed by atoms with Gasteiger partial charge in [0, 0.05) is 43.5 Å². The molecule has 5 nitrogen and oxygen atoms in total. The van der Waals surface area contributed by atoms with Crippen molar-refractivity contribution in [3.63, 3.8) is 0 Å². The topological polar surface area (TPSA) is 53.6 Å². The molecular formula is C16H23N3O2. The first-order valence-corrected chi connectivity index (χ1v) is 7.77. The van der Waals surface area contributed by atoms with E-state index >= 15 is 0 Å². The lowest BCUT2D eigenvalue weighted by Gasteiger charge is -2.28. The van der Waals surface area contributed by atoms with Gasteiger partial charge >= 0.3 is 0 Å². The van der Waals surface area contributed by atoms with Gasteiger partial charge in [0.05, 0.1) is 13.2 Å². The van der Waals surface area contributed by atoms with Crippen LogP contribution in [0, 0.1) is 0 Å². The molecule has 0 atom stereocenters. The zero-order valence-corrected chi connectivity index (χ0v) is 12.3. The fourth-order valence-electron chi connectivity index (χ4n) is 2.48. The number of carbonyl (C=O) groups is 1. The Morgan fingerprint density at radius 3 is 2.57 bits per heavy atom. The average Bonchev–Trinajstić information content (AvgIpc) is 3.33. The highest BCUT2D eigenvalue weighted by Crippen LogP contribution is 2.20.